The molecule has 1 aliphatic heterocycles. The van der Waals surface area contributed by atoms with E-state index in [0.717, 1.165) is 21.7 Å². The average molecular weight is 334 g/mol. The second-order valence-corrected chi connectivity index (χ2v) is 5.57. The lowest BCUT2D eigenvalue weighted by Crippen LogP contribution is -2.23. The van der Waals surface area contributed by atoms with E-state index in [1.165, 1.54) is 5.56 Å². The summed E-state index contributed by atoms with van der Waals surface area (Å²) in [4.78, 5) is 0. The molecule has 0 radical (unpaired) electrons. The minimum atomic E-state index is 0.160. The maximum atomic E-state index is 5.81. The Bertz CT molecular complexity index is 598. The lowest BCUT2D eigenvalue weighted by molar-refractivity contribution is 0.286. The van der Waals surface area contributed by atoms with Gasteiger partial charge in [-0.3, -0.25) is 0 Å². The first-order valence-corrected chi connectivity index (χ1v) is 7.47. The zero-order valence-corrected chi connectivity index (χ0v) is 12.8. The number of hydrogen-bond donors (Lipinski definition) is 1. The highest BCUT2D eigenvalue weighted by Crippen LogP contribution is 2.35. The summed E-state index contributed by atoms with van der Waals surface area (Å²) in [5.41, 5.74) is 2.21. The molecule has 0 aliphatic carbocycles. The predicted molar refractivity (Wildman–Crippen MR) is 83.6 cm³/mol. The summed E-state index contributed by atoms with van der Waals surface area (Å²) < 4.78 is 12.3. The van der Waals surface area contributed by atoms with Crippen molar-refractivity contribution in [2.45, 2.75) is 13.0 Å². The molecule has 104 valence electrons. The summed E-state index contributed by atoms with van der Waals surface area (Å²) in [6.07, 6.45) is 0. The molecule has 0 amide bonds. The van der Waals surface area contributed by atoms with Crippen molar-refractivity contribution >= 4 is 21.6 Å². The Labute approximate surface area is 127 Å². The third-order valence-corrected chi connectivity index (χ3v) is 3.76. The number of rotatable bonds is 3. The van der Waals surface area contributed by atoms with Crippen LogP contribution in [0.1, 0.15) is 18.5 Å². The lowest BCUT2D eigenvalue weighted by Gasteiger charge is -2.28. The summed E-state index contributed by atoms with van der Waals surface area (Å²) in [5, 5.41) is 3.51. The Morgan fingerprint density at radius 3 is 2.80 bits per heavy atom. The first-order chi connectivity index (χ1) is 9.76. The molecular weight excluding hydrogens is 318 g/mol. The molecule has 0 bridgehead atoms. The third-order valence-electron chi connectivity index (χ3n) is 3.27. The molecule has 1 aliphatic rings. The van der Waals surface area contributed by atoms with Gasteiger partial charge in [0.25, 0.3) is 0 Å². The Balaban J connectivity index is 1.79. The molecule has 0 saturated carbocycles. The molecule has 4 heteroatoms. The van der Waals surface area contributed by atoms with E-state index >= 15 is 0 Å². The fourth-order valence-corrected chi connectivity index (χ4v) is 2.65. The first-order valence-electron chi connectivity index (χ1n) is 6.68. The van der Waals surface area contributed by atoms with Gasteiger partial charge in [0.2, 0.25) is 0 Å². The van der Waals surface area contributed by atoms with Gasteiger partial charge < -0.3 is 14.8 Å². The molecular formula is C16H16BrNO2. The van der Waals surface area contributed by atoms with E-state index < -0.39 is 0 Å². The van der Waals surface area contributed by atoms with Gasteiger partial charge in [-0.2, -0.15) is 0 Å². The number of fused-ring (bicyclic) bond motifs is 1. The van der Waals surface area contributed by atoms with Gasteiger partial charge in [-0.05, 0) is 42.8 Å². The molecule has 1 atom stereocenters. The van der Waals surface area contributed by atoms with Crippen LogP contribution in [0.5, 0.6) is 11.5 Å². The van der Waals surface area contributed by atoms with Crippen LogP contribution in [0, 0.1) is 0 Å². The van der Waals surface area contributed by atoms with Gasteiger partial charge in [0.15, 0.2) is 0 Å². The van der Waals surface area contributed by atoms with Gasteiger partial charge in [0, 0.05) is 4.47 Å². The highest BCUT2D eigenvalue weighted by atomic mass is 79.9. The van der Waals surface area contributed by atoms with Crippen LogP contribution < -0.4 is 14.8 Å². The zero-order chi connectivity index (χ0) is 13.9. The van der Waals surface area contributed by atoms with Crippen molar-refractivity contribution in [3.8, 4) is 11.5 Å². The average Bonchev–Trinajstić information content (AvgIpc) is 2.47. The van der Waals surface area contributed by atoms with Crippen molar-refractivity contribution < 1.29 is 9.47 Å². The van der Waals surface area contributed by atoms with E-state index in [0.29, 0.717) is 13.2 Å². The minimum Gasteiger partial charge on any atom is -0.494 e. The Hall–Kier alpha value is -1.68. The summed E-state index contributed by atoms with van der Waals surface area (Å²) in [5.74, 6) is 1.80. The van der Waals surface area contributed by atoms with E-state index in [1.807, 2.05) is 37.3 Å². The molecule has 1 N–H and O–H groups in total. The molecule has 0 fully saturated rings. The molecule has 3 nitrogen and oxygen atoms in total. The Kier molecular flexibility index (Phi) is 3.83. The molecule has 20 heavy (non-hydrogen) atoms. The minimum absolute atomic E-state index is 0.160. The van der Waals surface area contributed by atoms with Crippen molar-refractivity contribution in [3.05, 3.63) is 52.5 Å². The van der Waals surface area contributed by atoms with E-state index in [2.05, 4.69) is 33.4 Å². The van der Waals surface area contributed by atoms with Crippen LogP contribution in [0.25, 0.3) is 0 Å². The molecule has 2 aromatic rings. The van der Waals surface area contributed by atoms with Gasteiger partial charge in [-0.25, -0.2) is 0 Å². The van der Waals surface area contributed by atoms with Crippen molar-refractivity contribution in [1.29, 1.82) is 0 Å². The number of halogens is 1. The number of hydrogen-bond acceptors (Lipinski definition) is 3. The van der Waals surface area contributed by atoms with E-state index in [-0.39, 0.29) is 6.04 Å². The summed E-state index contributed by atoms with van der Waals surface area (Å²) >= 11 is 3.48. The summed E-state index contributed by atoms with van der Waals surface area (Å²) in [6, 6.07) is 14.3. The molecule has 0 aromatic heterocycles. The van der Waals surface area contributed by atoms with Crippen molar-refractivity contribution in [1.82, 2.24) is 0 Å². The highest BCUT2D eigenvalue weighted by Gasteiger charge is 2.20. The number of benzene rings is 2. The second kappa shape index (κ2) is 5.75. The van der Waals surface area contributed by atoms with Crippen LogP contribution in [0.15, 0.2) is 46.9 Å². The van der Waals surface area contributed by atoms with Crippen LogP contribution in [-0.2, 0) is 0 Å². The maximum absolute atomic E-state index is 5.81. The standard InChI is InChI=1S/C16H16BrNO2/c1-2-19-13-6-3-11(4-7-13)15-10-20-16-8-5-12(17)9-14(16)18-15/h3-9,15,18H,2,10H2,1H3. The fraction of sp³-hybridized carbons (Fsp3) is 0.250. The monoisotopic (exact) mass is 333 g/mol. The third kappa shape index (κ3) is 2.75. The number of nitrogens with one attached hydrogen (secondary N) is 1. The van der Waals surface area contributed by atoms with Gasteiger partial charge >= 0.3 is 0 Å². The maximum Gasteiger partial charge on any atom is 0.142 e. The quantitative estimate of drug-likeness (QED) is 0.903. The van der Waals surface area contributed by atoms with Crippen LogP contribution in [-0.4, -0.2) is 13.2 Å². The van der Waals surface area contributed by atoms with Crippen molar-refractivity contribution in [2.24, 2.45) is 0 Å². The van der Waals surface area contributed by atoms with Crippen LogP contribution in [0.2, 0.25) is 0 Å². The molecule has 3 rings (SSSR count). The largest absolute Gasteiger partial charge is 0.494 e. The first kappa shape index (κ1) is 13.3. The van der Waals surface area contributed by atoms with Gasteiger partial charge in [0.1, 0.15) is 18.1 Å². The Morgan fingerprint density at radius 2 is 2.05 bits per heavy atom. The topological polar surface area (TPSA) is 30.5 Å². The van der Waals surface area contributed by atoms with E-state index in [4.69, 9.17) is 9.47 Å². The van der Waals surface area contributed by atoms with E-state index in [1.54, 1.807) is 0 Å². The highest BCUT2D eigenvalue weighted by molar-refractivity contribution is 9.10. The van der Waals surface area contributed by atoms with Gasteiger partial charge in [-0.15, -0.1) is 0 Å². The van der Waals surface area contributed by atoms with Crippen LogP contribution in [0.4, 0.5) is 5.69 Å². The molecule has 1 heterocycles. The fourth-order valence-electron chi connectivity index (χ4n) is 2.29. The molecule has 1 unspecified atom stereocenters. The number of ether oxygens (including phenoxy) is 2. The normalized spacial score (nSPS) is 16.8. The molecule has 0 saturated heterocycles. The lowest BCUT2D eigenvalue weighted by atomic mass is 10.1. The summed E-state index contributed by atoms with van der Waals surface area (Å²) in [6.45, 7) is 3.30. The van der Waals surface area contributed by atoms with Crippen LogP contribution in [0.3, 0.4) is 0 Å². The second-order valence-electron chi connectivity index (χ2n) is 4.65. The van der Waals surface area contributed by atoms with Crippen LogP contribution >= 0.6 is 15.9 Å². The van der Waals surface area contributed by atoms with Crippen molar-refractivity contribution in [3.63, 3.8) is 0 Å². The van der Waals surface area contributed by atoms with E-state index in [9.17, 15) is 0 Å². The molecule has 2 aromatic carbocycles. The smallest absolute Gasteiger partial charge is 0.142 e. The van der Waals surface area contributed by atoms with Crippen molar-refractivity contribution in [2.75, 3.05) is 18.5 Å². The summed E-state index contributed by atoms with van der Waals surface area (Å²) in [7, 11) is 0. The SMILES string of the molecule is CCOc1ccc(C2COc3ccc(Br)cc3N2)cc1. The zero-order valence-electron chi connectivity index (χ0n) is 11.2. The predicted octanol–water partition coefficient (Wildman–Crippen LogP) is 4.39. The van der Waals surface area contributed by atoms with Gasteiger partial charge in [0.05, 0.1) is 18.3 Å². The van der Waals surface area contributed by atoms with Gasteiger partial charge in [-0.1, -0.05) is 28.1 Å². The number of anilines is 1. The molecule has 0 spiro atoms. The Morgan fingerprint density at radius 1 is 1.25 bits per heavy atom.